The predicted molar refractivity (Wildman–Crippen MR) is 60.8 cm³/mol. The Kier molecular flexibility index (Phi) is 5.29. The first-order chi connectivity index (χ1) is 6.78. The summed E-state index contributed by atoms with van der Waals surface area (Å²) in [5.41, 5.74) is 7.91. The Morgan fingerprint density at radius 2 is 1.56 bits per heavy atom. The van der Waals surface area contributed by atoms with Gasteiger partial charge in [-0.25, -0.2) is 0 Å². The normalized spacial score (nSPS) is 13.1. The van der Waals surface area contributed by atoms with Gasteiger partial charge in [-0.15, -0.1) is 12.4 Å². The van der Waals surface area contributed by atoms with Crippen molar-refractivity contribution in [3.05, 3.63) is 34.9 Å². The lowest BCUT2D eigenvalue weighted by molar-refractivity contribution is -0.138. The van der Waals surface area contributed by atoms with Crippen LogP contribution in [0.25, 0.3) is 0 Å². The molecule has 2 N–H and O–H groups in total. The average molecular weight is 254 g/mol. The first kappa shape index (κ1) is 15.3. The highest BCUT2D eigenvalue weighted by atomic mass is 35.5. The molecule has 0 aliphatic heterocycles. The largest absolute Gasteiger partial charge is 0.390 e. The van der Waals surface area contributed by atoms with Gasteiger partial charge in [0.25, 0.3) is 0 Å². The highest BCUT2D eigenvalue weighted by Crippen LogP contribution is 2.28. The molecule has 0 aliphatic carbocycles. The van der Waals surface area contributed by atoms with Crippen molar-refractivity contribution in [2.45, 2.75) is 32.5 Å². The van der Waals surface area contributed by atoms with Crippen molar-refractivity contribution >= 4 is 12.4 Å². The van der Waals surface area contributed by atoms with Gasteiger partial charge >= 0.3 is 6.18 Å². The van der Waals surface area contributed by atoms with Crippen LogP contribution >= 0.6 is 12.4 Å². The summed E-state index contributed by atoms with van der Waals surface area (Å²) >= 11 is 0. The molecule has 16 heavy (non-hydrogen) atoms. The number of alkyl halides is 3. The third-order valence-corrected chi connectivity index (χ3v) is 2.12. The average Bonchev–Trinajstić information content (AvgIpc) is 1.98. The molecule has 0 spiro atoms. The van der Waals surface area contributed by atoms with Crippen LogP contribution in [0.3, 0.4) is 0 Å². The van der Waals surface area contributed by atoms with E-state index in [1.807, 2.05) is 19.9 Å². The summed E-state index contributed by atoms with van der Waals surface area (Å²) in [6.07, 6.45) is -5.19. The van der Waals surface area contributed by atoms with Crippen molar-refractivity contribution in [1.29, 1.82) is 0 Å². The van der Waals surface area contributed by atoms with E-state index in [4.69, 9.17) is 5.73 Å². The molecule has 0 amide bonds. The summed E-state index contributed by atoms with van der Waals surface area (Å²) in [5.74, 6) is 0. The molecule has 1 nitrogen and oxygen atoms in total. The van der Waals surface area contributed by atoms with E-state index in [1.54, 1.807) is 12.1 Å². The smallest absolute Gasteiger partial charge is 0.324 e. The second-order valence-corrected chi connectivity index (χ2v) is 3.85. The number of hydrogen-bond donors (Lipinski definition) is 1. The molecule has 0 unspecified atom stereocenters. The molecular formula is C11H15ClF3N. The van der Waals surface area contributed by atoms with Crippen molar-refractivity contribution in [1.82, 2.24) is 0 Å². The van der Waals surface area contributed by atoms with Crippen LogP contribution in [0, 0.1) is 13.8 Å². The fourth-order valence-electron chi connectivity index (χ4n) is 1.59. The predicted octanol–water partition coefficient (Wildman–Crippen LogP) is 3.68. The molecular weight excluding hydrogens is 239 g/mol. The van der Waals surface area contributed by atoms with E-state index >= 15 is 0 Å². The van der Waals surface area contributed by atoms with Crippen LogP contribution in [0.5, 0.6) is 0 Å². The third kappa shape index (κ3) is 4.86. The van der Waals surface area contributed by atoms with Crippen LogP contribution in [0.1, 0.15) is 29.2 Å². The molecule has 0 fully saturated rings. The first-order valence-electron chi connectivity index (χ1n) is 4.68. The lowest BCUT2D eigenvalue weighted by Gasteiger charge is -2.15. The lowest BCUT2D eigenvalue weighted by atomic mass is 10.00. The van der Waals surface area contributed by atoms with E-state index in [9.17, 15) is 13.2 Å². The Morgan fingerprint density at radius 1 is 1.12 bits per heavy atom. The molecule has 1 aromatic carbocycles. The van der Waals surface area contributed by atoms with Crippen LogP contribution < -0.4 is 5.73 Å². The van der Waals surface area contributed by atoms with E-state index in [0.717, 1.165) is 11.1 Å². The van der Waals surface area contributed by atoms with Crippen molar-refractivity contribution in [2.24, 2.45) is 5.73 Å². The molecule has 5 heteroatoms. The highest BCUT2D eigenvalue weighted by molar-refractivity contribution is 5.85. The number of nitrogens with two attached hydrogens (primary N) is 1. The van der Waals surface area contributed by atoms with Gasteiger partial charge in [0.15, 0.2) is 0 Å². The van der Waals surface area contributed by atoms with Crippen molar-refractivity contribution in [3.8, 4) is 0 Å². The second kappa shape index (κ2) is 5.55. The van der Waals surface area contributed by atoms with Gasteiger partial charge in [0.2, 0.25) is 0 Å². The quantitative estimate of drug-likeness (QED) is 0.855. The van der Waals surface area contributed by atoms with Crippen molar-refractivity contribution < 1.29 is 13.2 Å². The Morgan fingerprint density at radius 3 is 1.94 bits per heavy atom. The van der Waals surface area contributed by atoms with Gasteiger partial charge in [-0.3, -0.25) is 0 Å². The summed E-state index contributed by atoms with van der Waals surface area (Å²) in [7, 11) is 0. The molecule has 0 saturated carbocycles. The van der Waals surface area contributed by atoms with Gasteiger partial charge in [-0.1, -0.05) is 29.3 Å². The van der Waals surface area contributed by atoms with Gasteiger partial charge in [0, 0.05) is 6.04 Å². The molecule has 0 aliphatic rings. The summed E-state index contributed by atoms with van der Waals surface area (Å²) in [6.45, 7) is 3.69. The number of aryl methyl sites for hydroxylation is 2. The van der Waals surface area contributed by atoms with E-state index in [1.165, 1.54) is 0 Å². The Balaban J connectivity index is 0.00000225. The standard InChI is InChI=1S/C11H14F3N.ClH/c1-7-3-8(2)5-9(4-7)10(15)6-11(12,13)14;/h3-5,10H,6,15H2,1-2H3;1H/t10-;/m1./s1. The van der Waals surface area contributed by atoms with Crippen LogP contribution in [0.2, 0.25) is 0 Å². The maximum Gasteiger partial charge on any atom is 0.390 e. The molecule has 0 bridgehead atoms. The maximum absolute atomic E-state index is 12.1. The summed E-state index contributed by atoms with van der Waals surface area (Å²) < 4.78 is 36.3. The minimum absolute atomic E-state index is 0. The highest BCUT2D eigenvalue weighted by Gasteiger charge is 2.30. The van der Waals surface area contributed by atoms with Gasteiger partial charge in [-0.05, 0) is 19.4 Å². The minimum Gasteiger partial charge on any atom is -0.324 e. The van der Waals surface area contributed by atoms with Crippen LogP contribution in [-0.4, -0.2) is 6.18 Å². The third-order valence-electron chi connectivity index (χ3n) is 2.12. The SMILES string of the molecule is Cc1cc(C)cc([C@H](N)CC(F)(F)F)c1.Cl. The molecule has 0 saturated heterocycles. The molecule has 1 rings (SSSR count). The van der Waals surface area contributed by atoms with Gasteiger partial charge in [0.05, 0.1) is 6.42 Å². The molecule has 1 atom stereocenters. The number of hydrogen-bond acceptors (Lipinski definition) is 1. The van der Waals surface area contributed by atoms with E-state index < -0.39 is 18.6 Å². The number of benzene rings is 1. The molecule has 0 heterocycles. The van der Waals surface area contributed by atoms with Gasteiger partial charge < -0.3 is 5.73 Å². The first-order valence-corrected chi connectivity index (χ1v) is 4.68. The second-order valence-electron chi connectivity index (χ2n) is 3.85. The molecule has 0 aromatic heterocycles. The van der Waals surface area contributed by atoms with Gasteiger partial charge in [0.1, 0.15) is 0 Å². The zero-order chi connectivity index (χ0) is 11.6. The minimum atomic E-state index is -4.21. The zero-order valence-corrected chi connectivity index (χ0v) is 9.95. The topological polar surface area (TPSA) is 26.0 Å². The summed E-state index contributed by atoms with van der Waals surface area (Å²) in [4.78, 5) is 0. The van der Waals surface area contributed by atoms with E-state index in [0.29, 0.717) is 5.56 Å². The lowest BCUT2D eigenvalue weighted by Crippen LogP contribution is -2.20. The molecule has 1 aromatic rings. The maximum atomic E-state index is 12.1. The monoisotopic (exact) mass is 253 g/mol. The van der Waals surface area contributed by atoms with E-state index in [2.05, 4.69) is 0 Å². The number of rotatable bonds is 2. The fraction of sp³-hybridized carbons (Fsp3) is 0.455. The fourth-order valence-corrected chi connectivity index (χ4v) is 1.59. The molecule has 0 radical (unpaired) electrons. The Labute approximate surface area is 99.2 Å². The van der Waals surface area contributed by atoms with Crippen LogP contribution in [-0.2, 0) is 0 Å². The van der Waals surface area contributed by atoms with Crippen molar-refractivity contribution in [3.63, 3.8) is 0 Å². The van der Waals surface area contributed by atoms with Crippen LogP contribution in [0.4, 0.5) is 13.2 Å². The van der Waals surface area contributed by atoms with Crippen molar-refractivity contribution in [2.75, 3.05) is 0 Å². The Hall–Kier alpha value is -0.740. The van der Waals surface area contributed by atoms with Gasteiger partial charge in [-0.2, -0.15) is 13.2 Å². The van der Waals surface area contributed by atoms with Crippen LogP contribution in [0.15, 0.2) is 18.2 Å². The summed E-state index contributed by atoms with van der Waals surface area (Å²) in [6, 6.07) is 4.33. The zero-order valence-electron chi connectivity index (χ0n) is 9.14. The molecule has 92 valence electrons. The van der Waals surface area contributed by atoms with E-state index in [-0.39, 0.29) is 12.4 Å². The Bertz CT molecular complexity index is 329. The number of halogens is 4. The summed E-state index contributed by atoms with van der Waals surface area (Å²) in [5, 5.41) is 0.